The number of ether oxygens (including phenoxy) is 3. The van der Waals surface area contributed by atoms with Crippen molar-refractivity contribution >= 4 is 0 Å². The molecule has 2 N–H and O–H groups in total. The van der Waals surface area contributed by atoms with Crippen LogP contribution in [0.3, 0.4) is 0 Å². The van der Waals surface area contributed by atoms with E-state index in [0.29, 0.717) is 6.61 Å². The molecule has 0 saturated carbocycles. The van der Waals surface area contributed by atoms with E-state index in [9.17, 15) is 0 Å². The van der Waals surface area contributed by atoms with Gasteiger partial charge in [-0.25, -0.2) is 0 Å². The van der Waals surface area contributed by atoms with Crippen LogP contribution in [0.4, 0.5) is 0 Å². The van der Waals surface area contributed by atoms with Crippen LogP contribution in [0.15, 0.2) is 11.8 Å². The average Bonchev–Trinajstić information content (AvgIpc) is 2.58. The van der Waals surface area contributed by atoms with Crippen molar-refractivity contribution in [3.63, 3.8) is 0 Å². The van der Waals surface area contributed by atoms with Crippen LogP contribution in [0.2, 0.25) is 0 Å². The number of methoxy groups -OCH3 is 2. The second-order valence-corrected chi connectivity index (χ2v) is 2.61. The zero-order chi connectivity index (χ0) is 8.97. The van der Waals surface area contributed by atoms with Crippen LogP contribution in [-0.4, -0.2) is 33.2 Å². The van der Waals surface area contributed by atoms with Crippen LogP contribution in [-0.2, 0) is 14.2 Å². The molecule has 12 heavy (non-hydrogen) atoms. The average molecular weight is 173 g/mol. The smallest absolute Gasteiger partial charge is 0.179 e. The second-order valence-electron chi connectivity index (χ2n) is 2.61. The third-order valence-electron chi connectivity index (χ3n) is 1.82. The van der Waals surface area contributed by atoms with Crippen molar-refractivity contribution in [3.05, 3.63) is 11.8 Å². The van der Waals surface area contributed by atoms with Gasteiger partial charge in [0.15, 0.2) is 6.29 Å². The highest BCUT2D eigenvalue weighted by atomic mass is 16.7. The Balaban J connectivity index is 2.49. The van der Waals surface area contributed by atoms with Crippen LogP contribution in [0.1, 0.15) is 6.42 Å². The molecule has 0 bridgehead atoms. The summed E-state index contributed by atoms with van der Waals surface area (Å²) >= 11 is 0. The van der Waals surface area contributed by atoms with E-state index in [0.717, 1.165) is 12.2 Å². The summed E-state index contributed by atoms with van der Waals surface area (Å²) in [5.41, 5.74) is 5.80. The first-order chi connectivity index (χ1) is 5.79. The first-order valence-corrected chi connectivity index (χ1v) is 3.93. The Morgan fingerprint density at radius 2 is 2.17 bits per heavy atom. The zero-order valence-electron chi connectivity index (χ0n) is 7.45. The maximum Gasteiger partial charge on any atom is 0.179 e. The molecule has 0 aromatic carbocycles. The maximum atomic E-state index is 5.80. The van der Waals surface area contributed by atoms with Crippen molar-refractivity contribution in [1.82, 2.24) is 0 Å². The van der Waals surface area contributed by atoms with Crippen LogP contribution in [0.25, 0.3) is 0 Å². The first-order valence-electron chi connectivity index (χ1n) is 3.93. The molecule has 1 heterocycles. The molecule has 70 valence electrons. The summed E-state index contributed by atoms with van der Waals surface area (Å²) in [5.74, 6) is 0.767. The maximum absolute atomic E-state index is 5.80. The predicted molar refractivity (Wildman–Crippen MR) is 44.4 cm³/mol. The quantitative estimate of drug-likeness (QED) is 0.618. The summed E-state index contributed by atoms with van der Waals surface area (Å²) in [6, 6.07) is -0.317. The van der Waals surface area contributed by atoms with E-state index in [1.807, 2.05) is 6.08 Å². The monoisotopic (exact) mass is 173 g/mol. The number of rotatable bonds is 4. The van der Waals surface area contributed by atoms with E-state index < -0.39 is 6.29 Å². The van der Waals surface area contributed by atoms with Gasteiger partial charge in [-0.3, -0.25) is 0 Å². The summed E-state index contributed by atoms with van der Waals surface area (Å²) in [6.45, 7) is 0.711. The second kappa shape index (κ2) is 4.45. The lowest BCUT2D eigenvalue weighted by Gasteiger charge is -2.21. The van der Waals surface area contributed by atoms with Gasteiger partial charge in [-0.05, 0) is 6.08 Å². The Labute approximate surface area is 72.3 Å². The summed E-state index contributed by atoms with van der Waals surface area (Å²) < 4.78 is 15.3. The van der Waals surface area contributed by atoms with Gasteiger partial charge in [0.1, 0.15) is 11.8 Å². The molecule has 0 spiro atoms. The summed E-state index contributed by atoms with van der Waals surface area (Å²) in [6.07, 6.45) is 2.47. The third kappa shape index (κ3) is 1.97. The Morgan fingerprint density at radius 3 is 2.58 bits per heavy atom. The summed E-state index contributed by atoms with van der Waals surface area (Å²) in [4.78, 5) is 0. The van der Waals surface area contributed by atoms with Crippen molar-refractivity contribution in [2.24, 2.45) is 5.73 Å². The van der Waals surface area contributed by atoms with Crippen LogP contribution >= 0.6 is 0 Å². The van der Waals surface area contributed by atoms with Gasteiger partial charge in [0.05, 0.1) is 6.61 Å². The van der Waals surface area contributed by atoms with Gasteiger partial charge in [-0.1, -0.05) is 0 Å². The Hall–Kier alpha value is -0.580. The van der Waals surface area contributed by atoms with Gasteiger partial charge in [0, 0.05) is 20.6 Å². The highest BCUT2D eigenvalue weighted by Gasteiger charge is 2.23. The molecule has 0 aliphatic carbocycles. The lowest BCUT2D eigenvalue weighted by atomic mass is 10.2. The molecule has 4 heteroatoms. The molecule has 4 nitrogen and oxygen atoms in total. The largest absolute Gasteiger partial charge is 0.496 e. The van der Waals surface area contributed by atoms with E-state index in [4.69, 9.17) is 19.9 Å². The SMILES string of the molecule is COC(OC)C(N)C1=CCCO1. The van der Waals surface area contributed by atoms with Crippen molar-refractivity contribution < 1.29 is 14.2 Å². The Morgan fingerprint density at radius 1 is 1.50 bits per heavy atom. The number of hydrogen-bond donors (Lipinski definition) is 1. The minimum Gasteiger partial charge on any atom is -0.496 e. The molecular formula is C8H15NO3. The minimum absolute atomic E-state index is 0.317. The molecule has 0 saturated heterocycles. The van der Waals surface area contributed by atoms with Gasteiger partial charge < -0.3 is 19.9 Å². The van der Waals surface area contributed by atoms with E-state index in [-0.39, 0.29) is 6.04 Å². The standard InChI is InChI=1S/C8H15NO3/c1-10-8(11-2)7(9)6-4-3-5-12-6/h4,7-8H,3,5,9H2,1-2H3. The fraction of sp³-hybridized carbons (Fsp3) is 0.750. The lowest BCUT2D eigenvalue weighted by Crippen LogP contribution is -2.39. The van der Waals surface area contributed by atoms with Gasteiger partial charge in [-0.2, -0.15) is 0 Å². The third-order valence-corrected chi connectivity index (χ3v) is 1.82. The highest BCUT2D eigenvalue weighted by Crippen LogP contribution is 2.15. The van der Waals surface area contributed by atoms with Crippen LogP contribution in [0.5, 0.6) is 0 Å². The molecule has 0 aromatic heterocycles. The first kappa shape index (κ1) is 9.51. The van der Waals surface area contributed by atoms with Gasteiger partial charge in [0.2, 0.25) is 0 Å². The van der Waals surface area contributed by atoms with E-state index in [1.54, 1.807) is 14.2 Å². The topological polar surface area (TPSA) is 53.7 Å². The summed E-state index contributed by atoms with van der Waals surface area (Å²) in [7, 11) is 3.12. The van der Waals surface area contributed by atoms with Crippen LogP contribution in [0, 0.1) is 0 Å². The Kier molecular flexibility index (Phi) is 3.52. The van der Waals surface area contributed by atoms with E-state index in [2.05, 4.69) is 0 Å². The molecule has 0 fully saturated rings. The fourth-order valence-electron chi connectivity index (χ4n) is 1.19. The predicted octanol–water partition coefficient (Wildman–Crippen LogP) is 0.237. The van der Waals surface area contributed by atoms with Gasteiger partial charge in [-0.15, -0.1) is 0 Å². The number of nitrogens with two attached hydrogens (primary N) is 1. The zero-order valence-corrected chi connectivity index (χ0v) is 7.45. The Bertz CT molecular complexity index is 166. The molecule has 1 aliphatic heterocycles. The highest BCUT2D eigenvalue weighted by molar-refractivity contribution is 5.07. The molecule has 0 aromatic rings. The van der Waals surface area contributed by atoms with Gasteiger partial charge >= 0.3 is 0 Å². The molecule has 1 unspecified atom stereocenters. The lowest BCUT2D eigenvalue weighted by molar-refractivity contribution is -0.115. The van der Waals surface area contributed by atoms with Crippen LogP contribution < -0.4 is 5.73 Å². The number of hydrogen-bond acceptors (Lipinski definition) is 4. The van der Waals surface area contributed by atoms with Crippen molar-refractivity contribution in [2.75, 3.05) is 20.8 Å². The normalized spacial score (nSPS) is 19.2. The molecule has 1 aliphatic rings. The van der Waals surface area contributed by atoms with Crippen molar-refractivity contribution in [1.29, 1.82) is 0 Å². The molecular weight excluding hydrogens is 158 g/mol. The molecule has 0 radical (unpaired) electrons. The summed E-state index contributed by atoms with van der Waals surface area (Å²) in [5, 5.41) is 0. The fourth-order valence-corrected chi connectivity index (χ4v) is 1.19. The molecule has 0 amide bonds. The van der Waals surface area contributed by atoms with Crippen molar-refractivity contribution in [2.45, 2.75) is 18.8 Å². The van der Waals surface area contributed by atoms with E-state index in [1.165, 1.54) is 0 Å². The van der Waals surface area contributed by atoms with E-state index >= 15 is 0 Å². The van der Waals surface area contributed by atoms with Crippen molar-refractivity contribution in [3.8, 4) is 0 Å². The molecule has 1 rings (SSSR count). The molecule has 1 atom stereocenters. The minimum atomic E-state index is -0.422. The van der Waals surface area contributed by atoms with Gasteiger partial charge in [0.25, 0.3) is 0 Å².